The lowest BCUT2D eigenvalue weighted by Crippen LogP contribution is -2.51. The molecule has 0 aromatic carbocycles. The Hall–Kier alpha value is -0.120. The monoisotopic (exact) mass is 227 g/mol. The van der Waals surface area contributed by atoms with Gasteiger partial charge < -0.3 is 15.6 Å². The highest BCUT2D eigenvalue weighted by atomic mass is 16.5. The fraction of sp³-hybridized carbons (Fsp3) is 1.00. The summed E-state index contributed by atoms with van der Waals surface area (Å²) in [6, 6.07) is 0. The van der Waals surface area contributed by atoms with Gasteiger partial charge in [-0.05, 0) is 25.2 Å². The molecule has 0 saturated carbocycles. The molecule has 0 spiro atoms. The van der Waals surface area contributed by atoms with E-state index >= 15 is 0 Å². The van der Waals surface area contributed by atoms with E-state index in [9.17, 15) is 5.11 Å². The van der Waals surface area contributed by atoms with Crippen LogP contribution in [0.4, 0.5) is 0 Å². The fourth-order valence-corrected chi connectivity index (χ4v) is 3.69. The van der Waals surface area contributed by atoms with Crippen LogP contribution in [-0.4, -0.2) is 30.0 Å². The maximum absolute atomic E-state index is 10.6. The van der Waals surface area contributed by atoms with Crippen LogP contribution >= 0.6 is 0 Å². The predicted octanol–water partition coefficient (Wildman–Crippen LogP) is 1.68. The van der Waals surface area contributed by atoms with Crippen LogP contribution in [0.1, 0.15) is 46.0 Å². The van der Waals surface area contributed by atoms with Crippen LogP contribution in [0.2, 0.25) is 0 Å². The lowest BCUT2D eigenvalue weighted by atomic mass is 9.66. The maximum Gasteiger partial charge on any atom is 0.0674 e. The Labute approximate surface area is 98.4 Å². The molecule has 3 nitrogen and oxygen atoms in total. The van der Waals surface area contributed by atoms with Crippen molar-refractivity contribution < 1.29 is 9.84 Å². The molecule has 2 fully saturated rings. The number of aliphatic hydroxyl groups is 1. The first-order chi connectivity index (χ1) is 7.67. The number of nitrogens with two attached hydrogens (primary N) is 1. The second-order valence-corrected chi connectivity index (χ2v) is 5.49. The molecule has 0 aliphatic carbocycles. The third-order valence-corrected chi connectivity index (χ3v) is 4.82. The quantitative estimate of drug-likeness (QED) is 0.751. The first-order valence-corrected chi connectivity index (χ1v) is 6.71. The number of fused-ring (bicyclic) bond motifs is 2. The van der Waals surface area contributed by atoms with E-state index in [0.717, 1.165) is 32.1 Å². The summed E-state index contributed by atoms with van der Waals surface area (Å²) in [5, 5.41) is 10.6. The molecule has 2 aliphatic rings. The van der Waals surface area contributed by atoms with Gasteiger partial charge in [0.2, 0.25) is 0 Å². The Balaban J connectivity index is 2.15. The third kappa shape index (κ3) is 1.69. The van der Waals surface area contributed by atoms with Crippen LogP contribution in [0.5, 0.6) is 0 Å². The van der Waals surface area contributed by atoms with E-state index in [-0.39, 0.29) is 17.6 Å². The van der Waals surface area contributed by atoms with Gasteiger partial charge in [-0.3, -0.25) is 0 Å². The average molecular weight is 227 g/mol. The summed E-state index contributed by atoms with van der Waals surface area (Å²) in [5.74, 6) is 0.367. The van der Waals surface area contributed by atoms with Crippen LogP contribution in [0, 0.1) is 11.3 Å². The minimum atomic E-state index is -0.289. The summed E-state index contributed by atoms with van der Waals surface area (Å²) in [7, 11) is 0. The van der Waals surface area contributed by atoms with Gasteiger partial charge in [-0.15, -0.1) is 0 Å². The molecular weight excluding hydrogens is 202 g/mol. The highest BCUT2D eigenvalue weighted by Crippen LogP contribution is 2.51. The Morgan fingerprint density at radius 3 is 2.44 bits per heavy atom. The average Bonchev–Trinajstić information content (AvgIpc) is 2.90. The smallest absolute Gasteiger partial charge is 0.0674 e. The van der Waals surface area contributed by atoms with Gasteiger partial charge in [0.05, 0.1) is 18.3 Å². The Kier molecular flexibility index (Phi) is 3.57. The summed E-state index contributed by atoms with van der Waals surface area (Å²) < 4.78 is 5.90. The zero-order valence-corrected chi connectivity index (χ0v) is 10.5. The molecule has 4 atom stereocenters. The summed E-state index contributed by atoms with van der Waals surface area (Å²) in [4.78, 5) is 0. The van der Waals surface area contributed by atoms with Crippen LogP contribution in [0.15, 0.2) is 0 Å². The van der Waals surface area contributed by atoms with Crippen LogP contribution in [0.3, 0.4) is 0 Å². The Morgan fingerprint density at radius 1 is 1.38 bits per heavy atom. The molecule has 2 aliphatic heterocycles. The fourth-order valence-electron chi connectivity index (χ4n) is 3.69. The second-order valence-electron chi connectivity index (χ2n) is 5.49. The van der Waals surface area contributed by atoms with Gasteiger partial charge >= 0.3 is 0 Å². The number of aliphatic hydroxyl groups excluding tert-OH is 1. The van der Waals surface area contributed by atoms with Crippen molar-refractivity contribution in [2.75, 3.05) is 6.54 Å². The van der Waals surface area contributed by atoms with Crippen molar-refractivity contribution in [2.45, 2.75) is 64.3 Å². The van der Waals surface area contributed by atoms with Crippen LogP contribution in [-0.2, 0) is 4.74 Å². The molecule has 0 aromatic heterocycles. The van der Waals surface area contributed by atoms with Gasteiger partial charge in [-0.1, -0.05) is 26.7 Å². The van der Waals surface area contributed by atoms with E-state index in [1.165, 1.54) is 0 Å². The van der Waals surface area contributed by atoms with Crippen molar-refractivity contribution in [3.63, 3.8) is 0 Å². The highest BCUT2D eigenvalue weighted by Gasteiger charge is 2.56. The van der Waals surface area contributed by atoms with Crippen molar-refractivity contribution in [3.8, 4) is 0 Å². The van der Waals surface area contributed by atoms with E-state index in [4.69, 9.17) is 10.5 Å². The summed E-state index contributed by atoms with van der Waals surface area (Å²) in [6.45, 7) is 4.86. The number of ether oxygens (including phenoxy) is 1. The van der Waals surface area contributed by atoms with Gasteiger partial charge in [0.1, 0.15) is 0 Å². The standard InChI is InChI=1S/C13H25NO2/c1-3-9(4-2)12(15)13(8-14)7-10-5-6-11(13)16-10/h9-12,15H,3-8,14H2,1-2H3. The Bertz CT molecular complexity index is 242. The number of hydrogen-bond donors (Lipinski definition) is 2. The van der Waals surface area contributed by atoms with Crippen molar-refractivity contribution in [2.24, 2.45) is 17.1 Å². The topological polar surface area (TPSA) is 55.5 Å². The zero-order valence-electron chi connectivity index (χ0n) is 10.5. The summed E-state index contributed by atoms with van der Waals surface area (Å²) >= 11 is 0. The molecule has 3 heteroatoms. The Morgan fingerprint density at radius 2 is 2.06 bits per heavy atom. The zero-order chi connectivity index (χ0) is 11.8. The maximum atomic E-state index is 10.6. The normalized spacial score (nSPS) is 39.6. The highest BCUT2D eigenvalue weighted by molar-refractivity contribution is 5.06. The first kappa shape index (κ1) is 12.3. The molecular formula is C13H25NO2. The molecule has 0 radical (unpaired) electrons. The molecule has 2 bridgehead atoms. The van der Waals surface area contributed by atoms with E-state index in [2.05, 4.69) is 13.8 Å². The minimum absolute atomic E-state index is 0.153. The molecule has 3 N–H and O–H groups in total. The van der Waals surface area contributed by atoms with E-state index in [1.807, 2.05) is 0 Å². The van der Waals surface area contributed by atoms with Gasteiger partial charge in [-0.25, -0.2) is 0 Å². The van der Waals surface area contributed by atoms with E-state index in [1.54, 1.807) is 0 Å². The molecule has 2 rings (SSSR count). The lowest BCUT2D eigenvalue weighted by Gasteiger charge is -2.41. The lowest BCUT2D eigenvalue weighted by molar-refractivity contribution is -0.0569. The van der Waals surface area contributed by atoms with Gasteiger partial charge in [0.15, 0.2) is 0 Å². The molecule has 2 heterocycles. The SMILES string of the molecule is CCC(CC)C(O)C1(CN)CC2CCC1O2. The van der Waals surface area contributed by atoms with Gasteiger partial charge in [0.25, 0.3) is 0 Å². The summed E-state index contributed by atoms with van der Waals surface area (Å²) in [6.07, 6.45) is 5.53. The molecule has 2 saturated heterocycles. The van der Waals surface area contributed by atoms with E-state index < -0.39 is 0 Å². The van der Waals surface area contributed by atoms with Gasteiger partial charge in [-0.2, -0.15) is 0 Å². The van der Waals surface area contributed by atoms with Crippen molar-refractivity contribution >= 4 is 0 Å². The molecule has 0 amide bonds. The largest absolute Gasteiger partial charge is 0.392 e. The van der Waals surface area contributed by atoms with Gasteiger partial charge in [0, 0.05) is 12.0 Å². The second kappa shape index (κ2) is 4.63. The number of hydrogen-bond acceptors (Lipinski definition) is 3. The van der Waals surface area contributed by atoms with Crippen LogP contribution < -0.4 is 5.73 Å². The van der Waals surface area contributed by atoms with E-state index in [0.29, 0.717) is 18.6 Å². The van der Waals surface area contributed by atoms with Crippen molar-refractivity contribution in [1.29, 1.82) is 0 Å². The molecule has 0 aromatic rings. The number of rotatable bonds is 5. The molecule has 16 heavy (non-hydrogen) atoms. The van der Waals surface area contributed by atoms with Crippen LogP contribution in [0.25, 0.3) is 0 Å². The van der Waals surface area contributed by atoms with Crippen molar-refractivity contribution in [3.05, 3.63) is 0 Å². The minimum Gasteiger partial charge on any atom is -0.392 e. The molecule has 94 valence electrons. The predicted molar refractivity (Wildman–Crippen MR) is 64.1 cm³/mol. The van der Waals surface area contributed by atoms with Crippen molar-refractivity contribution in [1.82, 2.24) is 0 Å². The molecule has 4 unspecified atom stereocenters. The first-order valence-electron chi connectivity index (χ1n) is 6.71. The summed E-state index contributed by atoms with van der Waals surface area (Å²) in [5.41, 5.74) is 5.81. The third-order valence-electron chi connectivity index (χ3n) is 4.82.